The van der Waals surface area contributed by atoms with Gasteiger partial charge in [0.15, 0.2) is 0 Å². The van der Waals surface area contributed by atoms with Crippen LogP contribution in [0.2, 0.25) is 0 Å². The maximum atomic E-state index is 11.4. The van der Waals surface area contributed by atoms with Crippen LogP contribution in [0.5, 0.6) is 0 Å². The van der Waals surface area contributed by atoms with Crippen molar-refractivity contribution in [3.05, 3.63) is 72.0 Å². The standard InChI is InChI=1S/C15H14N2O3S/c16-21(18,19)17-15(11-6-2-1-3-7-11)14-10-12-8-4-5-9-13(12)20-14/h1-10,15,17H,(H2,16,18,19). The van der Waals surface area contributed by atoms with Gasteiger partial charge in [0.2, 0.25) is 0 Å². The van der Waals surface area contributed by atoms with Gasteiger partial charge in [0.05, 0.1) is 0 Å². The lowest BCUT2D eigenvalue weighted by Crippen LogP contribution is -2.34. The molecule has 1 aromatic heterocycles. The monoisotopic (exact) mass is 302 g/mol. The molecule has 3 aromatic rings. The SMILES string of the molecule is NS(=O)(=O)NC(c1ccccc1)c1cc2ccccc2o1. The van der Waals surface area contributed by atoms with Gasteiger partial charge in [-0.25, -0.2) is 5.14 Å². The first-order chi connectivity index (χ1) is 10.0. The Morgan fingerprint density at radius 2 is 1.67 bits per heavy atom. The van der Waals surface area contributed by atoms with Gasteiger partial charge in [0.25, 0.3) is 10.2 Å². The van der Waals surface area contributed by atoms with Gasteiger partial charge in [-0.05, 0) is 17.7 Å². The highest BCUT2D eigenvalue weighted by Crippen LogP contribution is 2.28. The molecule has 21 heavy (non-hydrogen) atoms. The zero-order chi connectivity index (χ0) is 14.9. The fraction of sp³-hybridized carbons (Fsp3) is 0.0667. The minimum Gasteiger partial charge on any atom is -0.459 e. The molecule has 1 unspecified atom stereocenters. The van der Waals surface area contributed by atoms with Gasteiger partial charge >= 0.3 is 0 Å². The van der Waals surface area contributed by atoms with Crippen LogP contribution >= 0.6 is 0 Å². The molecule has 0 radical (unpaired) electrons. The summed E-state index contributed by atoms with van der Waals surface area (Å²) in [5.74, 6) is 0.497. The smallest absolute Gasteiger partial charge is 0.275 e. The van der Waals surface area contributed by atoms with E-state index in [2.05, 4.69) is 4.72 Å². The summed E-state index contributed by atoms with van der Waals surface area (Å²) in [7, 11) is -3.87. The van der Waals surface area contributed by atoms with Crippen molar-refractivity contribution in [2.75, 3.05) is 0 Å². The van der Waals surface area contributed by atoms with Crippen molar-refractivity contribution in [1.82, 2.24) is 4.72 Å². The summed E-state index contributed by atoms with van der Waals surface area (Å²) in [6.07, 6.45) is 0. The maximum Gasteiger partial charge on any atom is 0.275 e. The van der Waals surface area contributed by atoms with Gasteiger partial charge in [-0.1, -0.05) is 48.5 Å². The van der Waals surface area contributed by atoms with Crippen molar-refractivity contribution in [3.63, 3.8) is 0 Å². The highest BCUT2D eigenvalue weighted by atomic mass is 32.2. The Morgan fingerprint density at radius 3 is 2.33 bits per heavy atom. The molecule has 3 rings (SSSR count). The van der Waals surface area contributed by atoms with Crippen LogP contribution in [0.1, 0.15) is 17.4 Å². The van der Waals surface area contributed by atoms with E-state index in [4.69, 9.17) is 9.56 Å². The Balaban J connectivity index is 2.10. The molecular weight excluding hydrogens is 288 g/mol. The van der Waals surface area contributed by atoms with Gasteiger partial charge in [0, 0.05) is 5.39 Å². The van der Waals surface area contributed by atoms with Gasteiger partial charge in [-0.3, -0.25) is 0 Å². The molecule has 0 saturated carbocycles. The van der Waals surface area contributed by atoms with Gasteiger partial charge in [-0.2, -0.15) is 13.1 Å². The van der Waals surface area contributed by atoms with Crippen molar-refractivity contribution < 1.29 is 12.8 Å². The number of fused-ring (bicyclic) bond motifs is 1. The van der Waals surface area contributed by atoms with E-state index >= 15 is 0 Å². The normalized spacial score (nSPS) is 13.4. The second-order valence-corrected chi connectivity index (χ2v) is 6.02. The molecule has 6 heteroatoms. The van der Waals surface area contributed by atoms with Crippen LogP contribution in [0.25, 0.3) is 11.0 Å². The molecule has 0 bridgehead atoms. The first-order valence-corrected chi connectivity index (χ1v) is 7.91. The minimum atomic E-state index is -3.87. The summed E-state index contributed by atoms with van der Waals surface area (Å²) in [5, 5.41) is 6.03. The maximum absolute atomic E-state index is 11.4. The molecule has 108 valence electrons. The Hall–Kier alpha value is -2.15. The van der Waals surface area contributed by atoms with Crippen LogP contribution in [0.4, 0.5) is 0 Å². The topological polar surface area (TPSA) is 85.3 Å². The summed E-state index contributed by atoms with van der Waals surface area (Å²) < 4.78 is 31.0. The molecule has 0 fully saturated rings. The number of benzene rings is 2. The van der Waals surface area contributed by atoms with Crippen LogP contribution in [-0.4, -0.2) is 8.42 Å². The van der Waals surface area contributed by atoms with E-state index in [-0.39, 0.29) is 0 Å². The molecule has 0 aliphatic carbocycles. The van der Waals surface area contributed by atoms with Crippen LogP contribution in [0.15, 0.2) is 65.1 Å². The van der Waals surface area contributed by atoms with Crippen LogP contribution in [0.3, 0.4) is 0 Å². The van der Waals surface area contributed by atoms with Crippen molar-refractivity contribution in [3.8, 4) is 0 Å². The molecule has 1 atom stereocenters. The van der Waals surface area contributed by atoms with E-state index < -0.39 is 16.3 Å². The highest BCUT2D eigenvalue weighted by Gasteiger charge is 2.22. The summed E-state index contributed by atoms with van der Waals surface area (Å²) in [6, 6.07) is 17.8. The Morgan fingerprint density at radius 1 is 1.00 bits per heavy atom. The lowest BCUT2D eigenvalue weighted by atomic mass is 10.1. The molecule has 2 aromatic carbocycles. The third-order valence-corrected chi connectivity index (χ3v) is 3.71. The zero-order valence-corrected chi connectivity index (χ0v) is 11.9. The predicted octanol–water partition coefficient (Wildman–Crippen LogP) is 2.32. The largest absolute Gasteiger partial charge is 0.459 e. The number of furan rings is 1. The molecule has 0 aliphatic heterocycles. The number of nitrogens with two attached hydrogens (primary N) is 1. The fourth-order valence-corrected chi connectivity index (χ4v) is 2.83. The third kappa shape index (κ3) is 3.13. The molecule has 0 spiro atoms. The van der Waals surface area contributed by atoms with E-state index in [1.807, 2.05) is 60.7 Å². The van der Waals surface area contributed by atoms with Gasteiger partial charge in [0.1, 0.15) is 17.4 Å². The van der Waals surface area contributed by atoms with E-state index in [1.165, 1.54) is 0 Å². The molecule has 0 amide bonds. The average Bonchev–Trinajstić information content (AvgIpc) is 2.88. The summed E-state index contributed by atoms with van der Waals surface area (Å²) in [5.41, 5.74) is 1.45. The van der Waals surface area contributed by atoms with E-state index in [9.17, 15) is 8.42 Å². The number of rotatable bonds is 4. The lowest BCUT2D eigenvalue weighted by Gasteiger charge is -2.15. The minimum absolute atomic E-state index is 0.497. The van der Waals surface area contributed by atoms with Crippen molar-refractivity contribution >= 4 is 21.2 Å². The highest BCUT2D eigenvalue weighted by molar-refractivity contribution is 7.87. The second kappa shape index (κ2) is 5.33. The van der Waals surface area contributed by atoms with E-state index in [0.717, 1.165) is 10.9 Å². The van der Waals surface area contributed by atoms with Gasteiger partial charge in [-0.15, -0.1) is 0 Å². The van der Waals surface area contributed by atoms with Crippen LogP contribution < -0.4 is 9.86 Å². The Bertz CT molecular complexity index is 824. The molecule has 0 aliphatic rings. The fourth-order valence-electron chi connectivity index (χ4n) is 2.24. The van der Waals surface area contributed by atoms with Crippen molar-refractivity contribution in [1.29, 1.82) is 0 Å². The summed E-state index contributed by atoms with van der Waals surface area (Å²) >= 11 is 0. The lowest BCUT2D eigenvalue weighted by molar-refractivity contribution is 0.498. The van der Waals surface area contributed by atoms with Crippen molar-refractivity contribution in [2.24, 2.45) is 5.14 Å². The first-order valence-electron chi connectivity index (χ1n) is 6.36. The summed E-state index contributed by atoms with van der Waals surface area (Å²) in [6.45, 7) is 0. The Kier molecular flexibility index (Phi) is 3.50. The van der Waals surface area contributed by atoms with E-state index in [1.54, 1.807) is 0 Å². The zero-order valence-electron chi connectivity index (χ0n) is 11.1. The first kappa shape index (κ1) is 13.8. The number of hydrogen-bond donors (Lipinski definition) is 2. The second-order valence-electron chi connectivity index (χ2n) is 4.69. The molecule has 0 saturated heterocycles. The van der Waals surface area contributed by atoms with E-state index in [0.29, 0.717) is 11.3 Å². The molecular formula is C15H14N2O3S. The third-order valence-electron chi connectivity index (χ3n) is 3.14. The van der Waals surface area contributed by atoms with Crippen LogP contribution in [0, 0.1) is 0 Å². The Labute approximate surface area is 122 Å². The van der Waals surface area contributed by atoms with Crippen molar-refractivity contribution in [2.45, 2.75) is 6.04 Å². The quantitative estimate of drug-likeness (QED) is 0.775. The predicted molar refractivity (Wildman–Crippen MR) is 80.7 cm³/mol. The number of nitrogens with one attached hydrogen (secondary N) is 1. The van der Waals surface area contributed by atoms with Gasteiger partial charge < -0.3 is 4.42 Å². The average molecular weight is 302 g/mol. The number of hydrogen-bond acceptors (Lipinski definition) is 3. The molecule has 3 N–H and O–H groups in total. The molecule has 5 nitrogen and oxygen atoms in total. The summed E-state index contributed by atoms with van der Waals surface area (Å²) in [4.78, 5) is 0. The van der Waals surface area contributed by atoms with Crippen LogP contribution in [-0.2, 0) is 10.2 Å². The molecule has 1 heterocycles. The number of para-hydroxylation sites is 1.